The van der Waals surface area contributed by atoms with Crippen molar-refractivity contribution in [2.24, 2.45) is 0 Å². The number of anilines is 2. The maximum Gasteiger partial charge on any atom is 0.297 e. The molecule has 1 spiro atoms. The third-order valence-corrected chi connectivity index (χ3v) is 9.48. The molecule has 9 heteroatoms. The van der Waals surface area contributed by atoms with Gasteiger partial charge in [0.2, 0.25) is 5.76 Å². The number of carbonyl (C=O) groups is 2. The van der Waals surface area contributed by atoms with Crippen LogP contribution in [0.5, 0.6) is 5.75 Å². The summed E-state index contributed by atoms with van der Waals surface area (Å²) in [5, 5.41) is 0.586. The molecule has 4 heterocycles. The molecule has 2 amide bonds. The van der Waals surface area contributed by atoms with Gasteiger partial charge in [0, 0.05) is 5.56 Å². The van der Waals surface area contributed by atoms with Gasteiger partial charge < -0.3 is 14.1 Å². The standard InChI is InChI=1S/C35H25N3O5S/c1-3-42-22-16-17-25-28(18-22)44-34(36-25)38-32(40)31-29(30(39)23-12-6-9-15-27(23)43-31)35(38)24-13-7-8-14-26(24)37(33(35)41)19-21-11-5-4-10-20(21)2/h4-18H,3,19H2,1-2H3. The average Bonchev–Trinajstić information content (AvgIpc) is 3.64. The molecule has 2 aliphatic rings. The number of ether oxygens (including phenoxy) is 1. The molecular formula is C35H25N3O5S. The third-order valence-electron chi connectivity index (χ3n) is 8.47. The minimum atomic E-state index is -1.81. The molecule has 0 aliphatic carbocycles. The smallest absolute Gasteiger partial charge is 0.297 e. The zero-order chi connectivity index (χ0) is 30.2. The molecule has 44 heavy (non-hydrogen) atoms. The van der Waals surface area contributed by atoms with Crippen molar-refractivity contribution >= 4 is 55.2 Å². The second-order valence-electron chi connectivity index (χ2n) is 10.9. The Kier molecular flexibility index (Phi) is 5.76. The van der Waals surface area contributed by atoms with E-state index in [9.17, 15) is 9.59 Å². The number of hydrogen-bond donors (Lipinski definition) is 0. The lowest BCUT2D eigenvalue weighted by molar-refractivity contribution is -0.121. The van der Waals surface area contributed by atoms with E-state index in [0.717, 1.165) is 15.8 Å². The molecule has 0 radical (unpaired) electrons. The van der Waals surface area contributed by atoms with E-state index in [4.69, 9.17) is 14.1 Å². The van der Waals surface area contributed by atoms with Gasteiger partial charge in [-0.3, -0.25) is 19.3 Å². The first-order valence-electron chi connectivity index (χ1n) is 14.3. The van der Waals surface area contributed by atoms with Crippen LogP contribution in [0.3, 0.4) is 0 Å². The van der Waals surface area contributed by atoms with Crippen LogP contribution in [0.2, 0.25) is 0 Å². The number of thiazole rings is 1. The number of fused-ring (bicyclic) bond motifs is 6. The summed E-state index contributed by atoms with van der Waals surface area (Å²) >= 11 is 1.26. The molecule has 4 aromatic carbocycles. The lowest BCUT2D eigenvalue weighted by Crippen LogP contribution is -2.53. The molecule has 6 aromatic rings. The molecule has 2 aliphatic heterocycles. The highest BCUT2D eigenvalue weighted by molar-refractivity contribution is 7.22. The highest BCUT2D eigenvalue weighted by Crippen LogP contribution is 2.55. The van der Waals surface area contributed by atoms with Crippen LogP contribution in [-0.4, -0.2) is 23.4 Å². The fourth-order valence-electron chi connectivity index (χ4n) is 6.47. The summed E-state index contributed by atoms with van der Waals surface area (Å²) in [4.78, 5) is 52.0. The van der Waals surface area contributed by atoms with Crippen LogP contribution < -0.4 is 20.0 Å². The van der Waals surface area contributed by atoms with E-state index >= 15 is 4.79 Å². The van der Waals surface area contributed by atoms with Crippen LogP contribution in [-0.2, 0) is 16.9 Å². The number of hydrogen-bond acceptors (Lipinski definition) is 7. The van der Waals surface area contributed by atoms with E-state index < -0.39 is 22.8 Å². The number of aryl methyl sites for hydroxylation is 1. The number of aromatic nitrogens is 1. The van der Waals surface area contributed by atoms with Crippen LogP contribution >= 0.6 is 11.3 Å². The number of nitrogens with zero attached hydrogens (tertiary/aromatic N) is 3. The van der Waals surface area contributed by atoms with Gasteiger partial charge in [-0.2, -0.15) is 0 Å². The van der Waals surface area contributed by atoms with Crippen molar-refractivity contribution in [2.45, 2.75) is 25.9 Å². The predicted molar refractivity (Wildman–Crippen MR) is 170 cm³/mol. The summed E-state index contributed by atoms with van der Waals surface area (Å²) in [6.45, 7) is 4.67. The van der Waals surface area contributed by atoms with Crippen LogP contribution in [0.25, 0.3) is 21.2 Å². The number of rotatable bonds is 5. The van der Waals surface area contributed by atoms with Crippen LogP contribution in [0.1, 0.15) is 39.7 Å². The molecular weight excluding hydrogens is 574 g/mol. The maximum absolute atomic E-state index is 15.1. The number of amides is 2. The number of benzene rings is 4. The second kappa shape index (κ2) is 9.62. The Bertz CT molecular complexity index is 2240. The Morgan fingerprint density at radius 3 is 2.55 bits per heavy atom. The summed E-state index contributed by atoms with van der Waals surface area (Å²) in [5.41, 5.74) is 1.85. The van der Waals surface area contributed by atoms with Crippen molar-refractivity contribution in [2.75, 3.05) is 16.4 Å². The molecule has 0 fully saturated rings. The summed E-state index contributed by atoms with van der Waals surface area (Å²) in [5.74, 6) is -0.474. The minimum Gasteiger partial charge on any atom is -0.494 e. The lowest BCUT2D eigenvalue weighted by Gasteiger charge is -2.32. The van der Waals surface area contributed by atoms with Gasteiger partial charge in [-0.25, -0.2) is 4.98 Å². The van der Waals surface area contributed by atoms with Gasteiger partial charge in [0.15, 0.2) is 16.1 Å². The molecule has 216 valence electrons. The van der Waals surface area contributed by atoms with E-state index in [1.54, 1.807) is 29.2 Å². The number of para-hydroxylation sites is 2. The number of carbonyl (C=O) groups excluding carboxylic acids is 2. The third kappa shape index (κ3) is 3.50. The zero-order valence-electron chi connectivity index (χ0n) is 23.9. The minimum absolute atomic E-state index is 0.0141. The van der Waals surface area contributed by atoms with Crippen molar-refractivity contribution in [3.05, 3.63) is 129 Å². The SMILES string of the molecule is CCOc1ccc2nc(N3C(=O)c4oc5ccccc5c(=O)c4C34C(=O)N(Cc3ccccc3C)c3ccccc34)sc2c1. The van der Waals surface area contributed by atoms with E-state index in [1.165, 1.54) is 16.2 Å². The quantitative estimate of drug-likeness (QED) is 0.223. The molecule has 0 N–H and O–H groups in total. The Balaban J connectivity index is 1.43. The van der Waals surface area contributed by atoms with Gasteiger partial charge in [-0.1, -0.05) is 65.9 Å². The van der Waals surface area contributed by atoms with Gasteiger partial charge >= 0.3 is 0 Å². The van der Waals surface area contributed by atoms with Crippen LogP contribution in [0.15, 0.2) is 100 Å². The van der Waals surface area contributed by atoms with Gasteiger partial charge in [0.1, 0.15) is 11.3 Å². The van der Waals surface area contributed by atoms with E-state index in [-0.39, 0.29) is 28.6 Å². The molecule has 8 nitrogen and oxygen atoms in total. The fourth-order valence-corrected chi connectivity index (χ4v) is 7.51. The molecule has 8 rings (SSSR count). The first kappa shape index (κ1) is 26.4. The normalized spacial score (nSPS) is 17.2. The first-order valence-corrected chi connectivity index (χ1v) is 15.2. The van der Waals surface area contributed by atoms with E-state index in [1.807, 2.05) is 80.6 Å². The van der Waals surface area contributed by atoms with Crippen molar-refractivity contribution in [1.82, 2.24) is 4.98 Å². The molecule has 2 aromatic heterocycles. The average molecular weight is 600 g/mol. The van der Waals surface area contributed by atoms with Gasteiger partial charge in [-0.15, -0.1) is 0 Å². The topological polar surface area (TPSA) is 93.0 Å². The van der Waals surface area contributed by atoms with Gasteiger partial charge in [0.25, 0.3) is 11.8 Å². The molecule has 0 bridgehead atoms. The summed E-state index contributed by atoms with van der Waals surface area (Å²) in [6.07, 6.45) is 0. The zero-order valence-corrected chi connectivity index (χ0v) is 24.7. The molecule has 1 atom stereocenters. The van der Waals surface area contributed by atoms with E-state index in [0.29, 0.717) is 34.5 Å². The highest BCUT2D eigenvalue weighted by Gasteiger charge is 2.66. The highest BCUT2D eigenvalue weighted by atomic mass is 32.1. The second-order valence-corrected chi connectivity index (χ2v) is 11.9. The molecule has 0 saturated carbocycles. The fraction of sp³-hybridized carbons (Fsp3) is 0.143. The Labute approximate surface area is 255 Å². The summed E-state index contributed by atoms with van der Waals surface area (Å²) in [7, 11) is 0. The summed E-state index contributed by atoms with van der Waals surface area (Å²) < 4.78 is 12.7. The lowest BCUT2D eigenvalue weighted by atomic mass is 9.84. The van der Waals surface area contributed by atoms with E-state index in [2.05, 4.69) is 0 Å². The van der Waals surface area contributed by atoms with Crippen molar-refractivity contribution in [1.29, 1.82) is 0 Å². The Morgan fingerprint density at radius 1 is 0.932 bits per heavy atom. The largest absolute Gasteiger partial charge is 0.494 e. The van der Waals surface area contributed by atoms with Crippen LogP contribution in [0, 0.1) is 6.92 Å². The van der Waals surface area contributed by atoms with Gasteiger partial charge in [0.05, 0.1) is 40.0 Å². The first-order chi connectivity index (χ1) is 21.4. The molecule has 1 unspecified atom stereocenters. The van der Waals surface area contributed by atoms with Crippen molar-refractivity contribution in [3.63, 3.8) is 0 Å². The van der Waals surface area contributed by atoms with Crippen molar-refractivity contribution in [3.8, 4) is 5.75 Å². The predicted octanol–water partition coefficient (Wildman–Crippen LogP) is 6.56. The van der Waals surface area contributed by atoms with Crippen LogP contribution in [0.4, 0.5) is 10.8 Å². The Morgan fingerprint density at radius 2 is 1.70 bits per heavy atom. The van der Waals surface area contributed by atoms with Crippen molar-refractivity contribution < 1.29 is 18.7 Å². The van der Waals surface area contributed by atoms with Gasteiger partial charge in [-0.05, 0) is 61.4 Å². The molecule has 0 saturated heterocycles. The summed E-state index contributed by atoms with van der Waals surface area (Å²) in [6, 6.07) is 27.5. The maximum atomic E-state index is 15.1. The monoisotopic (exact) mass is 599 g/mol. The Hall–Kier alpha value is -5.28.